The first-order chi connectivity index (χ1) is 9.65. The standard InChI is InChI=1S/C15H19N3O2/c1-17-14(10-18-8-4-5-11(19)9-18)16-13-7-3-2-6-12(13)15(17)20/h2-3,6-7,11,19H,4-5,8-10H2,1H3. The number of nitrogens with zero attached hydrogens (tertiary/aromatic N) is 3. The second kappa shape index (κ2) is 5.34. The van der Waals surface area contributed by atoms with Gasteiger partial charge in [-0.25, -0.2) is 4.98 Å². The molecular weight excluding hydrogens is 254 g/mol. The molecule has 1 N–H and O–H groups in total. The largest absolute Gasteiger partial charge is 0.392 e. The van der Waals surface area contributed by atoms with Crippen LogP contribution >= 0.6 is 0 Å². The molecule has 0 amide bonds. The highest BCUT2D eigenvalue weighted by molar-refractivity contribution is 5.77. The molecule has 5 heteroatoms. The maximum Gasteiger partial charge on any atom is 0.261 e. The first kappa shape index (κ1) is 13.3. The van der Waals surface area contributed by atoms with Crippen molar-refractivity contribution in [2.24, 2.45) is 7.05 Å². The van der Waals surface area contributed by atoms with Gasteiger partial charge in [-0.15, -0.1) is 0 Å². The van der Waals surface area contributed by atoms with E-state index in [2.05, 4.69) is 9.88 Å². The summed E-state index contributed by atoms with van der Waals surface area (Å²) in [6, 6.07) is 7.42. The van der Waals surface area contributed by atoms with E-state index in [1.807, 2.05) is 18.2 Å². The zero-order valence-corrected chi connectivity index (χ0v) is 11.6. The molecule has 0 radical (unpaired) electrons. The monoisotopic (exact) mass is 273 g/mol. The van der Waals surface area contributed by atoms with Crippen LogP contribution in [0.3, 0.4) is 0 Å². The van der Waals surface area contributed by atoms with Crippen molar-refractivity contribution in [1.82, 2.24) is 14.5 Å². The third-order valence-corrected chi connectivity index (χ3v) is 3.92. The maximum atomic E-state index is 12.3. The Bertz CT molecular complexity index is 680. The molecule has 1 saturated heterocycles. The summed E-state index contributed by atoms with van der Waals surface area (Å²) in [5.41, 5.74) is 0.728. The molecule has 5 nitrogen and oxygen atoms in total. The van der Waals surface area contributed by atoms with E-state index in [1.54, 1.807) is 17.7 Å². The van der Waals surface area contributed by atoms with Crippen molar-refractivity contribution in [1.29, 1.82) is 0 Å². The van der Waals surface area contributed by atoms with Crippen molar-refractivity contribution in [3.8, 4) is 0 Å². The number of aliphatic hydroxyl groups is 1. The number of rotatable bonds is 2. The first-order valence-electron chi connectivity index (χ1n) is 7.00. The normalized spacial score (nSPS) is 20.4. The highest BCUT2D eigenvalue weighted by Crippen LogP contribution is 2.13. The lowest BCUT2D eigenvalue weighted by Gasteiger charge is -2.29. The SMILES string of the molecule is Cn1c(CN2CCCC(O)C2)nc2ccccc2c1=O. The summed E-state index contributed by atoms with van der Waals surface area (Å²) in [7, 11) is 1.76. The smallest absolute Gasteiger partial charge is 0.261 e. The fourth-order valence-electron chi connectivity index (χ4n) is 2.78. The van der Waals surface area contributed by atoms with Gasteiger partial charge >= 0.3 is 0 Å². The summed E-state index contributed by atoms with van der Waals surface area (Å²) in [4.78, 5) is 19.1. The van der Waals surface area contributed by atoms with Crippen LogP contribution in [-0.4, -0.2) is 38.8 Å². The maximum absolute atomic E-state index is 12.3. The van der Waals surface area contributed by atoms with Crippen LogP contribution in [-0.2, 0) is 13.6 Å². The van der Waals surface area contributed by atoms with E-state index in [0.29, 0.717) is 18.5 Å². The minimum Gasteiger partial charge on any atom is -0.392 e. The fourth-order valence-corrected chi connectivity index (χ4v) is 2.78. The van der Waals surface area contributed by atoms with Crippen molar-refractivity contribution >= 4 is 10.9 Å². The molecule has 1 aliphatic rings. The Hall–Kier alpha value is -1.72. The average molecular weight is 273 g/mol. The first-order valence-corrected chi connectivity index (χ1v) is 7.00. The van der Waals surface area contributed by atoms with Gasteiger partial charge in [-0.3, -0.25) is 14.3 Å². The fraction of sp³-hybridized carbons (Fsp3) is 0.467. The minimum absolute atomic E-state index is 0.0110. The number of fused-ring (bicyclic) bond motifs is 1. The Morgan fingerprint density at radius 3 is 3.00 bits per heavy atom. The zero-order valence-electron chi connectivity index (χ0n) is 11.6. The third-order valence-electron chi connectivity index (χ3n) is 3.92. The molecule has 1 unspecified atom stereocenters. The molecule has 0 bridgehead atoms. The second-order valence-corrected chi connectivity index (χ2v) is 5.44. The molecule has 106 valence electrons. The lowest BCUT2D eigenvalue weighted by Crippen LogP contribution is -2.39. The number of piperidine rings is 1. The van der Waals surface area contributed by atoms with Gasteiger partial charge in [0.25, 0.3) is 5.56 Å². The molecule has 1 aromatic carbocycles. The van der Waals surface area contributed by atoms with Crippen LogP contribution in [0.25, 0.3) is 10.9 Å². The summed E-state index contributed by atoms with van der Waals surface area (Å²) in [5.74, 6) is 0.753. The number of hydrogen-bond acceptors (Lipinski definition) is 4. The van der Waals surface area contributed by atoms with Gasteiger partial charge in [0.05, 0.1) is 23.6 Å². The highest BCUT2D eigenvalue weighted by atomic mass is 16.3. The van der Waals surface area contributed by atoms with Crippen molar-refractivity contribution in [3.63, 3.8) is 0 Å². The summed E-state index contributed by atoms with van der Waals surface area (Å²) in [6.07, 6.45) is 1.59. The Morgan fingerprint density at radius 1 is 1.40 bits per heavy atom. The van der Waals surface area contributed by atoms with Crippen molar-refractivity contribution in [3.05, 3.63) is 40.4 Å². The summed E-state index contributed by atoms with van der Waals surface area (Å²) < 4.78 is 1.61. The molecular formula is C15H19N3O2. The second-order valence-electron chi connectivity index (χ2n) is 5.44. The van der Waals surface area contributed by atoms with Crippen LogP contribution in [0.15, 0.2) is 29.1 Å². The van der Waals surface area contributed by atoms with Crippen molar-refractivity contribution in [2.45, 2.75) is 25.5 Å². The summed E-state index contributed by atoms with van der Waals surface area (Å²) in [5, 5.41) is 10.4. The number of likely N-dealkylation sites (tertiary alicyclic amines) is 1. The minimum atomic E-state index is -0.263. The van der Waals surface area contributed by atoms with E-state index in [1.165, 1.54) is 0 Å². The topological polar surface area (TPSA) is 58.4 Å². The van der Waals surface area contributed by atoms with Gasteiger partial charge in [0.15, 0.2) is 0 Å². The van der Waals surface area contributed by atoms with Crippen LogP contribution in [0, 0.1) is 0 Å². The van der Waals surface area contributed by atoms with Gasteiger partial charge < -0.3 is 5.11 Å². The van der Waals surface area contributed by atoms with Crippen LogP contribution in [0.2, 0.25) is 0 Å². The number of aliphatic hydroxyl groups excluding tert-OH is 1. The van der Waals surface area contributed by atoms with Gasteiger partial charge in [0.2, 0.25) is 0 Å². The molecule has 0 saturated carbocycles. The molecule has 1 aliphatic heterocycles. The van der Waals surface area contributed by atoms with E-state index < -0.39 is 0 Å². The number of β-amino-alcohol motifs (C(OH)–C–C–N with tert-alkyl or cyclic N) is 1. The van der Waals surface area contributed by atoms with Gasteiger partial charge in [-0.2, -0.15) is 0 Å². The van der Waals surface area contributed by atoms with Gasteiger partial charge in [0, 0.05) is 13.6 Å². The number of para-hydroxylation sites is 1. The lowest BCUT2D eigenvalue weighted by atomic mass is 10.1. The summed E-state index contributed by atoms with van der Waals surface area (Å²) in [6.45, 7) is 2.20. The number of benzene rings is 1. The lowest BCUT2D eigenvalue weighted by molar-refractivity contribution is 0.0649. The molecule has 2 heterocycles. The van der Waals surface area contributed by atoms with Crippen molar-refractivity contribution in [2.75, 3.05) is 13.1 Å². The van der Waals surface area contributed by atoms with Crippen molar-refractivity contribution < 1.29 is 5.11 Å². The highest BCUT2D eigenvalue weighted by Gasteiger charge is 2.19. The Labute approximate surface area is 117 Å². The molecule has 1 aromatic heterocycles. The van der Waals surface area contributed by atoms with E-state index >= 15 is 0 Å². The Balaban J connectivity index is 1.95. The molecule has 0 aliphatic carbocycles. The number of aromatic nitrogens is 2. The Kier molecular flexibility index (Phi) is 3.54. The van der Waals surface area contributed by atoms with E-state index in [-0.39, 0.29) is 11.7 Å². The molecule has 20 heavy (non-hydrogen) atoms. The van der Waals surface area contributed by atoms with Crippen LogP contribution in [0.1, 0.15) is 18.7 Å². The predicted octanol–water partition coefficient (Wildman–Crippen LogP) is 0.890. The molecule has 0 spiro atoms. The Morgan fingerprint density at radius 2 is 2.20 bits per heavy atom. The molecule has 3 rings (SSSR count). The van der Waals surface area contributed by atoms with Crippen LogP contribution < -0.4 is 5.56 Å². The van der Waals surface area contributed by atoms with Crippen LogP contribution in [0.5, 0.6) is 0 Å². The quantitative estimate of drug-likeness (QED) is 0.883. The average Bonchev–Trinajstić information content (AvgIpc) is 2.45. The molecule has 1 atom stereocenters. The van der Waals surface area contributed by atoms with E-state index in [4.69, 9.17) is 0 Å². The van der Waals surface area contributed by atoms with Gasteiger partial charge in [-0.1, -0.05) is 12.1 Å². The molecule has 2 aromatic rings. The third kappa shape index (κ3) is 2.46. The molecule has 1 fully saturated rings. The van der Waals surface area contributed by atoms with Crippen LogP contribution in [0.4, 0.5) is 0 Å². The van der Waals surface area contributed by atoms with E-state index in [0.717, 1.165) is 30.7 Å². The van der Waals surface area contributed by atoms with Gasteiger partial charge in [0.1, 0.15) is 5.82 Å². The zero-order chi connectivity index (χ0) is 14.1. The predicted molar refractivity (Wildman–Crippen MR) is 77.5 cm³/mol. The summed E-state index contributed by atoms with van der Waals surface area (Å²) >= 11 is 0. The number of hydrogen-bond donors (Lipinski definition) is 1. The van der Waals surface area contributed by atoms with E-state index in [9.17, 15) is 9.90 Å². The van der Waals surface area contributed by atoms with Gasteiger partial charge in [-0.05, 0) is 31.5 Å².